The van der Waals surface area contributed by atoms with E-state index in [1.165, 1.54) is 10.5 Å². The number of hydrogen-bond acceptors (Lipinski definition) is 1. The molecule has 2 aromatic carbocycles. The van der Waals surface area contributed by atoms with Crippen molar-refractivity contribution < 1.29 is 9.69 Å². The Morgan fingerprint density at radius 1 is 1.04 bits per heavy atom. The molecule has 0 aliphatic carbocycles. The molecule has 1 aliphatic rings. The van der Waals surface area contributed by atoms with Crippen molar-refractivity contribution in [1.29, 1.82) is 0 Å². The van der Waals surface area contributed by atoms with Crippen LogP contribution in [0.4, 0.5) is 10.5 Å². The second kappa shape index (κ2) is 6.99. The molecule has 5 heteroatoms. The number of nitrogens with zero attached hydrogens (tertiary/aromatic N) is 1. The first-order valence-electron chi connectivity index (χ1n) is 8.79. The van der Waals surface area contributed by atoms with Crippen LogP contribution in [0.25, 0.3) is 10.9 Å². The number of amides is 2. The molecule has 1 aromatic heterocycles. The second-order valence-electron chi connectivity index (χ2n) is 6.58. The van der Waals surface area contributed by atoms with Gasteiger partial charge in [0.1, 0.15) is 6.54 Å². The number of piperazine rings is 1. The Morgan fingerprint density at radius 2 is 1.76 bits per heavy atom. The predicted molar refractivity (Wildman–Crippen MR) is 99.7 cm³/mol. The topological polar surface area (TPSA) is 52.6 Å². The van der Waals surface area contributed by atoms with Crippen molar-refractivity contribution in [2.75, 3.05) is 31.5 Å². The molecule has 2 amide bonds. The van der Waals surface area contributed by atoms with Crippen LogP contribution in [-0.4, -0.2) is 42.1 Å². The second-order valence-corrected chi connectivity index (χ2v) is 6.58. The summed E-state index contributed by atoms with van der Waals surface area (Å²) in [6, 6.07) is 18.5. The van der Waals surface area contributed by atoms with E-state index in [-0.39, 0.29) is 6.03 Å². The van der Waals surface area contributed by atoms with E-state index in [1.807, 2.05) is 41.4 Å². The van der Waals surface area contributed by atoms with Crippen molar-refractivity contribution in [3.05, 3.63) is 66.4 Å². The van der Waals surface area contributed by atoms with E-state index in [1.54, 1.807) is 0 Å². The van der Waals surface area contributed by atoms with E-state index in [0.29, 0.717) is 0 Å². The Hall–Kier alpha value is -2.79. The molecule has 0 saturated carbocycles. The molecular weight excluding hydrogens is 312 g/mol. The highest BCUT2D eigenvalue weighted by Crippen LogP contribution is 2.22. The van der Waals surface area contributed by atoms with Crippen molar-refractivity contribution in [3.8, 4) is 0 Å². The third-order valence-electron chi connectivity index (χ3n) is 4.89. The smallest absolute Gasteiger partial charge is 0.322 e. The lowest BCUT2D eigenvalue weighted by Crippen LogP contribution is -3.13. The van der Waals surface area contributed by atoms with Gasteiger partial charge < -0.3 is 20.1 Å². The number of para-hydroxylation sites is 1. The van der Waals surface area contributed by atoms with Crippen molar-refractivity contribution in [1.82, 2.24) is 9.88 Å². The zero-order valence-corrected chi connectivity index (χ0v) is 14.2. The fourth-order valence-electron chi connectivity index (χ4n) is 3.46. The van der Waals surface area contributed by atoms with Gasteiger partial charge >= 0.3 is 6.03 Å². The molecule has 3 aromatic rings. The van der Waals surface area contributed by atoms with Crippen LogP contribution in [0.3, 0.4) is 0 Å². The molecule has 0 atom stereocenters. The van der Waals surface area contributed by atoms with E-state index < -0.39 is 0 Å². The summed E-state index contributed by atoms with van der Waals surface area (Å²) in [5, 5.41) is 4.09. The van der Waals surface area contributed by atoms with E-state index >= 15 is 0 Å². The molecule has 5 nitrogen and oxygen atoms in total. The molecular formula is C20H23N4O+. The molecule has 4 rings (SSSR count). The third kappa shape index (κ3) is 3.51. The minimum atomic E-state index is -0.0106. The fraction of sp³-hybridized carbons (Fsp3) is 0.250. The molecule has 1 fully saturated rings. The molecule has 1 saturated heterocycles. The lowest BCUT2D eigenvalue weighted by atomic mass is 10.2. The first-order valence-corrected chi connectivity index (χ1v) is 8.79. The first-order chi connectivity index (χ1) is 12.3. The molecule has 0 unspecified atom stereocenters. The Morgan fingerprint density at radius 3 is 2.56 bits per heavy atom. The van der Waals surface area contributed by atoms with Gasteiger partial charge in [0.15, 0.2) is 0 Å². The van der Waals surface area contributed by atoms with Crippen LogP contribution in [0.2, 0.25) is 0 Å². The zero-order valence-electron chi connectivity index (χ0n) is 14.2. The minimum absolute atomic E-state index is 0.0106. The van der Waals surface area contributed by atoms with Gasteiger partial charge in [-0.25, -0.2) is 4.79 Å². The number of fused-ring (bicyclic) bond motifs is 1. The summed E-state index contributed by atoms with van der Waals surface area (Å²) in [4.78, 5) is 19.2. The number of benzene rings is 2. The van der Waals surface area contributed by atoms with Gasteiger partial charge in [-0.2, -0.15) is 0 Å². The lowest BCUT2D eigenvalue weighted by Gasteiger charge is -2.32. The van der Waals surface area contributed by atoms with Crippen LogP contribution in [0.15, 0.2) is 60.8 Å². The Labute approximate surface area is 147 Å². The number of quaternary nitrogens is 1. The SMILES string of the molecule is O=C(Nc1c[nH]c2ccccc12)N1CC[NH+](Cc2ccccc2)CC1. The molecule has 1 aliphatic heterocycles. The molecule has 128 valence electrons. The molecule has 2 heterocycles. The Bertz CT molecular complexity index is 850. The van der Waals surface area contributed by atoms with Crippen LogP contribution in [-0.2, 0) is 6.54 Å². The molecule has 0 radical (unpaired) electrons. The Balaban J connectivity index is 1.33. The van der Waals surface area contributed by atoms with Crippen molar-refractivity contribution in [2.24, 2.45) is 0 Å². The van der Waals surface area contributed by atoms with Crippen molar-refractivity contribution in [3.63, 3.8) is 0 Å². The lowest BCUT2D eigenvalue weighted by molar-refractivity contribution is -0.917. The molecule has 0 spiro atoms. The normalized spacial score (nSPS) is 15.4. The molecule has 0 bridgehead atoms. The minimum Gasteiger partial charge on any atom is -0.359 e. The van der Waals surface area contributed by atoms with Crippen molar-refractivity contribution >= 4 is 22.6 Å². The largest absolute Gasteiger partial charge is 0.359 e. The highest BCUT2D eigenvalue weighted by atomic mass is 16.2. The van der Waals surface area contributed by atoms with Crippen LogP contribution < -0.4 is 10.2 Å². The van der Waals surface area contributed by atoms with Crippen molar-refractivity contribution in [2.45, 2.75) is 6.54 Å². The van der Waals surface area contributed by atoms with Crippen LogP contribution in [0.1, 0.15) is 5.56 Å². The number of hydrogen-bond donors (Lipinski definition) is 3. The maximum absolute atomic E-state index is 12.6. The average Bonchev–Trinajstić information content (AvgIpc) is 3.06. The number of aromatic nitrogens is 1. The summed E-state index contributed by atoms with van der Waals surface area (Å²) in [6.45, 7) is 4.57. The first kappa shape index (κ1) is 15.7. The van der Waals surface area contributed by atoms with Gasteiger partial charge in [-0.05, 0) is 6.07 Å². The summed E-state index contributed by atoms with van der Waals surface area (Å²) in [7, 11) is 0. The number of urea groups is 1. The van der Waals surface area contributed by atoms with E-state index in [2.05, 4.69) is 34.6 Å². The van der Waals surface area contributed by atoms with Gasteiger partial charge in [-0.1, -0.05) is 48.5 Å². The fourth-order valence-corrected chi connectivity index (χ4v) is 3.46. The predicted octanol–water partition coefficient (Wildman–Crippen LogP) is 2.10. The van der Waals surface area contributed by atoms with E-state index in [9.17, 15) is 4.79 Å². The average molecular weight is 335 g/mol. The van der Waals surface area contributed by atoms with Crippen LogP contribution in [0.5, 0.6) is 0 Å². The summed E-state index contributed by atoms with van der Waals surface area (Å²) >= 11 is 0. The van der Waals surface area contributed by atoms with E-state index in [4.69, 9.17) is 0 Å². The standard InChI is InChI=1S/C20H22N4O/c25-20(22-19-14-21-18-9-5-4-8-17(18)19)24-12-10-23(11-13-24)15-16-6-2-1-3-7-16/h1-9,14,21H,10-13,15H2,(H,22,25)/p+1. The Kier molecular flexibility index (Phi) is 4.39. The highest BCUT2D eigenvalue weighted by Gasteiger charge is 2.24. The summed E-state index contributed by atoms with van der Waals surface area (Å²) in [5.74, 6) is 0. The zero-order chi connectivity index (χ0) is 17.1. The summed E-state index contributed by atoms with van der Waals surface area (Å²) in [6.07, 6.45) is 1.86. The van der Waals surface area contributed by atoms with Gasteiger partial charge in [-0.15, -0.1) is 0 Å². The van der Waals surface area contributed by atoms with Gasteiger partial charge in [0.05, 0.1) is 31.9 Å². The van der Waals surface area contributed by atoms with Gasteiger partial charge in [-0.3, -0.25) is 0 Å². The number of H-pyrrole nitrogens is 1. The summed E-state index contributed by atoms with van der Waals surface area (Å²) in [5.41, 5.74) is 3.24. The number of rotatable bonds is 3. The number of aromatic amines is 1. The maximum Gasteiger partial charge on any atom is 0.322 e. The molecule has 3 N–H and O–H groups in total. The number of nitrogens with one attached hydrogen (secondary N) is 3. The highest BCUT2D eigenvalue weighted by molar-refractivity contribution is 6.00. The number of carbonyl (C=O) groups is 1. The quantitative estimate of drug-likeness (QED) is 0.675. The number of anilines is 1. The maximum atomic E-state index is 12.6. The van der Waals surface area contributed by atoms with Gasteiger partial charge in [0.25, 0.3) is 0 Å². The molecule has 25 heavy (non-hydrogen) atoms. The summed E-state index contributed by atoms with van der Waals surface area (Å²) < 4.78 is 0. The monoisotopic (exact) mass is 335 g/mol. The van der Waals surface area contributed by atoms with Gasteiger partial charge in [0, 0.05) is 22.7 Å². The van der Waals surface area contributed by atoms with E-state index in [0.717, 1.165) is 49.3 Å². The van der Waals surface area contributed by atoms with Gasteiger partial charge in [0.2, 0.25) is 0 Å². The van der Waals surface area contributed by atoms with Crippen LogP contribution >= 0.6 is 0 Å². The van der Waals surface area contributed by atoms with Crippen LogP contribution in [0, 0.1) is 0 Å². The number of carbonyl (C=O) groups excluding carboxylic acids is 1. The third-order valence-corrected chi connectivity index (χ3v) is 4.89.